The Hall–Kier alpha value is -1.43. The molecule has 2 aliphatic heterocycles. The molecule has 1 aromatic carbocycles. The van der Waals surface area contributed by atoms with Gasteiger partial charge in [0.2, 0.25) is 5.91 Å². The van der Waals surface area contributed by atoms with Crippen molar-refractivity contribution in [1.82, 2.24) is 15.1 Å². The third kappa shape index (κ3) is 5.03. The first kappa shape index (κ1) is 18.4. The molecule has 2 atom stereocenters. The summed E-state index contributed by atoms with van der Waals surface area (Å²) in [7, 11) is 4.37. The Morgan fingerprint density at radius 1 is 1.28 bits per heavy atom. The summed E-state index contributed by atoms with van der Waals surface area (Å²) >= 11 is 0. The predicted octanol–water partition coefficient (Wildman–Crippen LogP) is 2.05. The number of hydrogen-bond donors (Lipinski definition) is 1. The maximum absolute atomic E-state index is 12.6. The van der Waals surface area contributed by atoms with Crippen LogP contribution in [-0.4, -0.2) is 68.2 Å². The summed E-state index contributed by atoms with van der Waals surface area (Å²) < 4.78 is 5.55. The molecule has 2 aliphatic rings. The maximum atomic E-state index is 12.6. The molecule has 5 heteroatoms. The Bertz CT molecular complexity index is 537. The monoisotopic (exact) mass is 345 g/mol. The van der Waals surface area contributed by atoms with Gasteiger partial charge in [-0.1, -0.05) is 30.3 Å². The summed E-state index contributed by atoms with van der Waals surface area (Å²) in [6.45, 7) is 3.82. The summed E-state index contributed by atoms with van der Waals surface area (Å²) in [6.07, 6.45) is 3.91. The fourth-order valence-corrected chi connectivity index (χ4v) is 3.84. The van der Waals surface area contributed by atoms with Crippen molar-refractivity contribution >= 4 is 5.91 Å². The lowest BCUT2D eigenvalue weighted by Gasteiger charge is -2.37. The molecule has 2 saturated heterocycles. The number of piperidine rings is 1. The van der Waals surface area contributed by atoms with Crippen molar-refractivity contribution in [2.45, 2.75) is 43.9 Å². The summed E-state index contributed by atoms with van der Waals surface area (Å²) in [4.78, 5) is 17.4. The van der Waals surface area contributed by atoms with Crippen LogP contribution in [0.4, 0.5) is 0 Å². The third-order valence-corrected chi connectivity index (χ3v) is 5.52. The average Bonchev–Trinajstić information content (AvgIpc) is 3.17. The fourth-order valence-electron chi connectivity index (χ4n) is 3.84. The molecule has 0 spiro atoms. The van der Waals surface area contributed by atoms with Crippen molar-refractivity contribution in [3.63, 3.8) is 0 Å². The van der Waals surface area contributed by atoms with Gasteiger partial charge in [0.1, 0.15) is 6.10 Å². The molecular weight excluding hydrogens is 314 g/mol. The van der Waals surface area contributed by atoms with Gasteiger partial charge < -0.3 is 19.9 Å². The van der Waals surface area contributed by atoms with Gasteiger partial charge in [-0.2, -0.15) is 0 Å². The molecule has 2 fully saturated rings. The van der Waals surface area contributed by atoms with E-state index in [4.69, 9.17) is 4.74 Å². The first-order valence-electron chi connectivity index (χ1n) is 9.49. The quantitative estimate of drug-likeness (QED) is 0.857. The molecule has 25 heavy (non-hydrogen) atoms. The summed E-state index contributed by atoms with van der Waals surface area (Å²) in [5.74, 6) is 0.0307. The molecule has 0 unspecified atom stereocenters. The molecular formula is C20H31N3O2. The molecule has 5 nitrogen and oxygen atoms in total. The summed E-state index contributed by atoms with van der Waals surface area (Å²) in [5, 5.41) is 3.24. The van der Waals surface area contributed by atoms with E-state index in [1.807, 2.05) is 18.2 Å². The summed E-state index contributed by atoms with van der Waals surface area (Å²) in [5.41, 5.74) is 1.16. The second kappa shape index (κ2) is 8.79. The number of nitrogens with one attached hydrogen (secondary N) is 1. The predicted molar refractivity (Wildman–Crippen MR) is 99.4 cm³/mol. The fraction of sp³-hybridized carbons (Fsp3) is 0.650. The first-order chi connectivity index (χ1) is 12.1. The van der Waals surface area contributed by atoms with Crippen molar-refractivity contribution < 1.29 is 9.53 Å². The summed E-state index contributed by atoms with van der Waals surface area (Å²) in [6, 6.07) is 10.9. The molecule has 1 aromatic rings. The SMILES string of the molecule is CN1CCC(N(C)C[C@H](NC(=O)[C@@H]2CCCO2)c2ccccc2)CC1. The minimum atomic E-state index is -0.278. The number of ether oxygens (including phenoxy) is 1. The van der Waals surface area contributed by atoms with Gasteiger partial charge in [0.15, 0.2) is 0 Å². The van der Waals surface area contributed by atoms with Gasteiger partial charge in [-0.15, -0.1) is 0 Å². The molecule has 2 heterocycles. The zero-order valence-electron chi connectivity index (χ0n) is 15.5. The van der Waals surface area contributed by atoms with Gasteiger partial charge in [0.05, 0.1) is 6.04 Å². The highest BCUT2D eigenvalue weighted by molar-refractivity contribution is 5.81. The second-order valence-electron chi connectivity index (χ2n) is 7.45. The van der Waals surface area contributed by atoms with Gasteiger partial charge >= 0.3 is 0 Å². The minimum Gasteiger partial charge on any atom is -0.368 e. The Labute approximate surface area is 151 Å². The molecule has 0 bridgehead atoms. The molecule has 3 rings (SSSR count). The Morgan fingerprint density at radius 3 is 2.64 bits per heavy atom. The van der Waals surface area contributed by atoms with Gasteiger partial charge in [0, 0.05) is 19.2 Å². The van der Waals surface area contributed by atoms with Crippen molar-refractivity contribution in [1.29, 1.82) is 0 Å². The first-order valence-corrected chi connectivity index (χ1v) is 9.49. The standard InChI is InChI=1S/C20H31N3O2/c1-22-12-10-17(11-13-22)23(2)15-18(16-7-4-3-5-8-16)21-20(24)19-9-6-14-25-19/h3-5,7-8,17-19H,6,9-15H2,1-2H3,(H,21,24)/t18-,19-/m0/s1. The van der Waals surface area contributed by atoms with Crippen LogP contribution in [-0.2, 0) is 9.53 Å². The van der Waals surface area contributed by atoms with Crippen LogP contribution in [0.15, 0.2) is 30.3 Å². The molecule has 1 amide bonds. The van der Waals surface area contributed by atoms with Gasteiger partial charge in [0.25, 0.3) is 0 Å². The van der Waals surface area contributed by atoms with Crippen molar-refractivity contribution in [2.75, 3.05) is 40.3 Å². The van der Waals surface area contributed by atoms with Crippen molar-refractivity contribution in [2.24, 2.45) is 0 Å². The van der Waals surface area contributed by atoms with Crippen LogP contribution in [0.5, 0.6) is 0 Å². The van der Waals surface area contributed by atoms with Gasteiger partial charge in [-0.05, 0) is 58.4 Å². The lowest BCUT2D eigenvalue weighted by atomic mass is 10.0. The molecule has 0 aromatic heterocycles. The molecule has 1 N–H and O–H groups in total. The number of hydrogen-bond acceptors (Lipinski definition) is 4. The number of carbonyl (C=O) groups excluding carboxylic acids is 1. The number of amides is 1. The number of nitrogens with zero attached hydrogens (tertiary/aromatic N) is 2. The lowest BCUT2D eigenvalue weighted by molar-refractivity contribution is -0.131. The smallest absolute Gasteiger partial charge is 0.249 e. The average molecular weight is 345 g/mol. The van der Waals surface area contributed by atoms with Gasteiger partial charge in [-0.25, -0.2) is 0 Å². The highest BCUT2D eigenvalue weighted by atomic mass is 16.5. The van der Waals surface area contributed by atoms with Crippen LogP contribution in [0.25, 0.3) is 0 Å². The number of likely N-dealkylation sites (tertiary alicyclic amines) is 1. The zero-order chi connectivity index (χ0) is 17.6. The zero-order valence-corrected chi connectivity index (χ0v) is 15.5. The van der Waals surface area contributed by atoms with Crippen LogP contribution >= 0.6 is 0 Å². The largest absolute Gasteiger partial charge is 0.368 e. The second-order valence-corrected chi connectivity index (χ2v) is 7.45. The van der Waals surface area contributed by atoms with Crippen LogP contribution < -0.4 is 5.32 Å². The van der Waals surface area contributed by atoms with E-state index in [1.54, 1.807) is 0 Å². The third-order valence-electron chi connectivity index (χ3n) is 5.52. The highest BCUT2D eigenvalue weighted by Crippen LogP contribution is 2.21. The van der Waals surface area contributed by atoms with Crippen molar-refractivity contribution in [3.05, 3.63) is 35.9 Å². The lowest BCUT2D eigenvalue weighted by Crippen LogP contribution is -2.46. The maximum Gasteiger partial charge on any atom is 0.249 e. The molecule has 0 aliphatic carbocycles. The van der Waals surface area contributed by atoms with E-state index in [9.17, 15) is 4.79 Å². The van der Waals surface area contributed by atoms with Crippen molar-refractivity contribution in [3.8, 4) is 0 Å². The molecule has 0 saturated carbocycles. The van der Waals surface area contributed by atoms with E-state index in [0.717, 1.165) is 38.0 Å². The normalized spacial score (nSPS) is 23.7. The van der Waals surface area contributed by atoms with E-state index in [0.29, 0.717) is 12.6 Å². The Kier molecular flexibility index (Phi) is 6.45. The highest BCUT2D eigenvalue weighted by Gasteiger charge is 2.28. The van der Waals surface area contributed by atoms with E-state index in [2.05, 4.69) is 41.3 Å². The van der Waals surface area contributed by atoms with E-state index in [1.165, 1.54) is 12.8 Å². The number of benzene rings is 1. The number of rotatable bonds is 6. The minimum absolute atomic E-state index is 0.00237. The number of carbonyl (C=O) groups is 1. The number of likely N-dealkylation sites (N-methyl/N-ethyl adjacent to an activating group) is 1. The van der Waals surface area contributed by atoms with Crippen LogP contribution in [0, 0.1) is 0 Å². The Balaban J connectivity index is 1.64. The van der Waals surface area contributed by atoms with E-state index >= 15 is 0 Å². The van der Waals surface area contributed by atoms with E-state index < -0.39 is 0 Å². The van der Waals surface area contributed by atoms with Crippen LogP contribution in [0.1, 0.15) is 37.3 Å². The molecule has 0 radical (unpaired) electrons. The van der Waals surface area contributed by atoms with Crippen LogP contribution in [0.3, 0.4) is 0 Å². The molecule has 138 valence electrons. The Morgan fingerprint density at radius 2 is 2.00 bits per heavy atom. The van der Waals surface area contributed by atoms with Gasteiger partial charge in [-0.3, -0.25) is 4.79 Å². The van der Waals surface area contributed by atoms with Crippen LogP contribution in [0.2, 0.25) is 0 Å². The topological polar surface area (TPSA) is 44.8 Å². The van der Waals surface area contributed by atoms with E-state index in [-0.39, 0.29) is 18.1 Å².